The second-order valence-electron chi connectivity index (χ2n) is 8.02. The summed E-state index contributed by atoms with van der Waals surface area (Å²) >= 11 is 0. The average Bonchev–Trinajstić information content (AvgIpc) is 2.92. The van der Waals surface area contributed by atoms with Crippen molar-refractivity contribution in [2.24, 2.45) is 0 Å². The maximum absolute atomic E-state index is 11.2. The molecule has 0 aliphatic heterocycles. The number of hydrogen-bond acceptors (Lipinski definition) is 8. The Kier molecular flexibility index (Phi) is 8.30. The van der Waals surface area contributed by atoms with Crippen LogP contribution in [0, 0.1) is 0 Å². The lowest BCUT2D eigenvalue weighted by Gasteiger charge is -2.19. The average molecular weight is 487 g/mol. The van der Waals surface area contributed by atoms with Crippen molar-refractivity contribution in [3.05, 3.63) is 84.7 Å². The third-order valence-electron chi connectivity index (χ3n) is 5.49. The van der Waals surface area contributed by atoms with Crippen LogP contribution < -0.4 is 4.74 Å². The highest BCUT2D eigenvalue weighted by Gasteiger charge is 2.14. The standard InChI is InChI=1S/C27H26N4O5/c1-35-22-10-8-19(9-11-22)20-15-25(23-6-2-3-12-28-23)30-26(16-20)24-7-4-5-21(29-24)17-31(13-14-36-34)18-27(32)33/h2-12,15-16,34H,13-14,17-18H2,1H3,(H,32,33). The molecule has 0 bridgehead atoms. The Morgan fingerprint density at radius 1 is 0.889 bits per heavy atom. The van der Waals surface area contributed by atoms with E-state index in [-0.39, 0.29) is 26.2 Å². The highest BCUT2D eigenvalue weighted by molar-refractivity contribution is 5.75. The van der Waals surface area contributed by atoms with Crippen LogP contribution in [0.25, 0.3) is 33.9 Å². The number of ether oxygens (including phenoxy) is 1. The Hall–Kier alpha value is -4.18. The van der Waals surface area contributed by atoms with E-state index in [0.29, 0.717) is 22.8 Å². The van der Waals surface area contributed by atoms with Crippen LogP contribution in [0.2, 0.25) is 0 Å². The lowest BCUT2D eigenvalue weighted by Crippen LogP contribution is -2.32. The van der Waals surface area contributed by atoms with Gasteiger partial charge in [-0.05, 0) is 59.7 Å². The van der Waals surface area contributed by atoms with Gasteiger partial charge in [0.2, 0.25) is 0 Å². The lowest BCUT2D eigenvalue weighted by atomic mass is 10.0. The Bertz CT molecular complexity index is 1300. The van der Waals surface area contributed by atoms with Gasteiger partial charge in [0, 0.05) is 19.3 Å². The van der Waals surface area contributed by atoms with E-state index in [0.717, 1.165) is 22.6 Å². The van der Waals surface area contributed by atoms with Gasteiger partial charge in [0.25, 0.3) is 0 Å². The van der Waals surface area contributed by atoms with Crippen LogP contribution in [0.5, 0.6) is 5.75 Å². The van der Waals surface area contributed by atoms with Gasteiger partial charge >= 0.3 is 5.97 Å². The summed E-state index contributed by atoms with van der Waals surface area (Å²) in [6.45, 7) is 0.300. The summed E-state index contributed by atoms with van der Waals surface area (Å²) in [4.78, 5) is 31.1. The quantitative estimate of drug-likeness (QED) is 0.237. The first-order valence-corrected chi connectivity index (χ1v) is 11.3. The van der Waals surface area contributed by atoms with Crippen molar-refractivity contribution >= 4 is 5.97 Å². The van der Waals surface area contributed by atoms with E-state index in [4.69, 9.17) is 20.0 Å². The molecule has 4 aromatic rings. The first-order chi connectivity index (χ1) is 17.6. The number of carboxylic acids is 1. The lowest BCUT2D eigenvalue weighted by molar-refractivity contribution is -0.244. The molecular formula is C27H26N4O5. The van der Waals surface area contributed by atoms with Crippen LogP contribution in [0.15, 0.2) is 79.0 Å². The molecule has 9 heteroatoms. The first kappa shape index (κ1) is 24.9. The molecular weight excluding hydrogens is 460 g/mol. The van der Waals surface area contributed by atoms with Crippen LogP contribution in [-0.2, 0) is 16.2 Å². The van der Waals surface area contributed by atoms with Gasteiger partial charge in [-0.3, -0.25) is 19.9 Å². The third-order valence-corrected chi connectivity index (χ3v) is 5.49. The zero-order valence-electron chi connectivity index (χ0n) is 19.7. The molecule has 0 aliphatic carbocycles. The monoisotopic (exact) mass is 486 g/mol. The van der Waals surface area contributed by atoms with Gasteiger partial charge in [-0.25, -0.2) is 14.9 Å². The van der Waals surface area contributed by atoms with Gasteiger partial charge in [-0.15, -0.1) is 0 Å². The Labute approximate surface area is 208 Å². The second-order valence-corrected chi connectivity index (χ2v) is 8.02. The Balaban J connectivity index is 1.72. The number of hydrogen-bond donors (Lipinski definition) is 2. The Morgan fingerprint density at radius 2 is 1.64 bits per heavy atom. The van der Waals surface area contributed by atoms with Crippen LogP contribution in [0.3, 0.4) is 0 Å². The van der Waals surface area contributed by atoms with E-state index in [1.807, 2.05) is 72.8 Å². The number of aliphatic carboxylic acids is 1. The molecule has 36 heavy (non-hydrogen) atoms. The summed E-state index contributed by atoms with van der Waals surface area (Å²) in [7, 11) is 1.63. The van der Waals surface area contributed by atoms with Crippen molar-refractivity contribution in [2.75, 3.05) is 26.8 Å². The molecule has 0 radical (unpaired) electrons. The molecule has 0 saturated heterocycles. The van der Waals surface area contributed by atoms with E-state index < -0.39 is 5.97 Å². The minimum atomic E-state index is -0.974. The highest BCUT2D eigenvalue weighted by Crippen LogP contribution is 2.30. The molecule has 0 unspecified atom stereocenters. The molecule has 0 atom stereocenters. The minimum Gasteiger partial charge on any atom is -0.497 e. The fourth-order valence-electron chi connectivity index (χ4n) is 3.77. The fraction of sp³-hybridized carbons (Fsp3) is 0.185. The molecule has 184 valence electrons. The normalized spacial score (nSPS) is 11.0. The molecule has 4 rings (SSSR count). The fourth-order valence-corrected chi connectivity index (χ4v) is 3.77. The van der Waals surface area contributed by atoms with Gasteiger partial charge in [0.05, 0.1) is 48.7 Å². The molecule has 3 aromatic heterocycles. The van der Waals surface area contributed by atoms with Gasteiger partial charge in [0.1, 0.15) is 5.75 Å². The van der Waals surface area contributed by atoms with Crippen molar-refractivity contribution in [2.45, 2.75) is 6.54 Å². The summed E-state index contributed by atoms with van der Waals surface area (Å²) in [6, 6.07) is 23.0. The Morgan fingerprint density at radius 3 is 2.31 bits per heavy atom. The van der Waals surface area contributed by atoms with Crippen molar-refractivity contribution in [1.29, 1.82) is 0 Å². The zero-order valence-corrected chi connectivity index (χ0v) is 19.7. The summed E-state index contributed by atoms with van der Waals surface area (Å²) in [5, 5.41) is 17.9. The molecule has 0 amide bonds. The van der Waals surface area contributed by atoms with Crippen LogP contribution in [0.1, 0.15) is 5.69 Å². The third kappa shape index (κ3) is 6.48. The van der Waals surface area contributed by atoms with Crippen molar-refractivity contribution in [1.82, 2.24) is 19.9 Å². The van der Waals surface area contributed by atoms with Crippen LogP contribution in [0.4, 0.5) is 0 Å². The number of benzene rings is 1. The van der Waals surface area contributed by atoms with Gasteiger partial charge in [0.15, 0.2) is 0 Å². The predicted octanol–water partition coefficient (Wildman–Crippen LogP) is 4.26. The molecule has 0 aliphatic rings. The number of carboxylic acid groups (broad SMARTS) is 1. The number of rotatable bonds is 11. The largest absolute Gasteiger partial charge is 0.497 e. The van der Waals surface area contributed by atoms with Crippen molar-refractivity contribution in [3.8, 4) is 39.7 Å². The first-order valence-electron chi connectivity index (χ1n) is 11.3. The minimum absolute atomic E-state index is 0.00807. The number of methoxy groups -OCH3 is 1. The summed E-state index contributed by atoms with van der Waals surface area (Å²) in [5.41, 5.74) is 5.36. The molecule has 2 N–H and O–H groups in total. The van der Waals surface area contributed by atoms with Crippen LogP contribution >= 0.6 is 0 Å². The maximum atomic E-state index is 11.2. The van der Waals surface area contributed by atoms with Gasteiger partial charge in [-0.2, -0.15) is 0 Å². The molecule has 3 heterocycles. The molecule has 9 nitrogen and oxygen atoms in total. The topological polar surface area (TPSA) is 118 Å². The zero-order chi connectivity index (χ0) is 25.3. The summed E-state index contributed by atoms with van der Waals surface area (Å²) < 4.78 is 5.29. The van der Waals surface area contributed by atoms with E-state index in [1.165, 1.54) is 0 Å². The van der Waals surface area contributed by atoms with E-state index in [1.54, 1.807) is 18.2 Å². The number of carbonyl (C=O) groups is 1. The maximum Gasteiger partial charge on any atom is 0.317 e. The molecule has 0 saturated carbocycles. The van der Waals surface area contributed by atoms with E-state index >= 15 is 0 Å². The molecule has 1 aromatic carbocycles. The van der Waals surface area contributed by atoms with Gasteiger partial charge in [-0.1, -0.05) is 24.3 Å². The summed E-state index contributed by atoms with van der Waals surface area (Å²) in [5.74, 6) is -0.206. The summed E-state index contributed by atoms with van der Waals surface area (Å²) in [6.07, 6.45) is 1.72. The van der Waals surface area contributed by atoms with E-state index in [9.17, 15) is 9.90 Å². The van der Waals surface area contributed by atoms with Gasteiger partial charge < -0.3 is 9.84 Å². The number of nitrogens with zero attached hydrogens (tertiary/aromatic N) is 4. The predicted molar refractivity (Wildman–Crippen MR) is 134 cm³/mol. The molecule has 0 fully saturated rings. The number of pyridine rings is 3. The van der Waals surface area contributed by atoms with E-state index in [2.05, 4.69) is 9.87 Å². The highest BCUT2D eigenvalue weighted by atomic mass is 17.1. The SMILES string of the molecule is COc1ccc(-c2cc(-c3ccccn3)nc(-c3cccc(CN(CCOO)CC(=O)O)n3)c2)cc1. The number of aromatic nitrogens is 3. The second kappa shape index (κ2) is 12.0. The molecule has 0 spiro atoms. The van der Waals surface area contributed by atoms with Crippen LogP contribution in [-0.4, -0.2) is 63.0 Å². The van der Waals surface area contributed by atoms with Crippen molar-refractivity contribution < 1.29 is 24.8 Å². The van der Waals surface area contributed by atoms with Crippen molar-refractivity contribution in [3.63, 3.8) is 0 Å². The smallest absolute Gasteiger partial charge is 0.317 e.